The summed E-state index contributed by atoms with van der Waals surface area (Å²) < 4.78 is 5.41. The Morgan fingerprint density at radius 3 is 2.89 bits per heavy atom. The second kappa shape index (κ2) is 7.35. The highest BCUT2D eigenvalue weighted by atomic mass is 16.5. The fraction of sp³-hybridized carbons (Fsp3) is 0.318. The van der Waals surface area contributed by atoms with Crippen molar-refractivity contribution in [2.75, 3.05) is 14.2 Å². The standard InChI is InChI=1S/C22H23N3O2/c1-25(22(26)17-12-15-6-3-4-8-19(15)24-13-17)14-16-9-10-20(27-2)21-18(16)7-5-11-23-21/h5,7,9-13H,3-4,6,8,14H2,1-2H3. The Kier molecular flexibility index (Phi) is 4.75. The number of fused-ring (bicyclic) bond motifs is 2. The van der Waals surface area contributed by atoms with Crippen LogP contribution < -0.4 is 4.74 Å². The molecule has 0 radical (unpaired) electrons. The van der Waals surface area contributed by atoms with Crippen LogP contribution >= 0.6 is 0 Å². The normalized spacial score (nSPS) is 13.3. The van der Waals surface area contributed by atoms with E-state index < -0.39 is 0 Å². The van der Waals surface area contributed by atoms with E-state index in [2.05, 4.69) is 9.97 Å². The number of nitrogens with zero attached hydrogens (tertiary/aromatic N) is 3. The van der Waals surface area contributed by atoms with Gasteiger partial charge in [0.15, 0.2) is 0 Å². The highest BCUT2D eigenvalue weighted by Gasteiger charge is 2.18. The topological polar surface area (TPSA) is 55.3 Å². The molecule has 0 aliphatic heterocycles. The van der Waals surface area contributed by atoms with Gasteiger partial charge in [-0.25, -0.2) is 0 Å². The van der Waals surface area contributed by atoms with Gasteiger partial charge in [0.1, 0.15) is 11.3 Å². The van der Waals surface area contributed by atoms with Crippen LogP contribution in [0.4, 0.5) is 0 Å². The second-order valence-corrected chi connectivity index (χ2v) is 7.02. The summed E-state index contributed by atoms with van der Waals surface area (Å²) >= 11 is 0. The fourth-order valence-corrected chi connectivity index (χ4v) is 3.76. The van der Waals surface area contributed by atoms with Gasteiger partial charge >= 0.3 is 0 Å². The highest BCUT2D eigenvalue weighted by molar-refractivity contribution is 5.94. The van der Waals surface area contributed by atoms with Crippen molar-refractivity contribution in [3.05, 3.63) is 65.1 Å². The van der Waals surface area contributed by atoms with Crippen LogP contribution in [-0.2, 0) is 19.4 Å². The molecule has 1 aliphatic carbocycles. The van der Waals surface area contributed by atoms with E-state index in [1.54, 1.807) is 24.4 Å². The molecule has 0 N–H and O–H groups in total. The lowest BCUT2D eigenvalue weighted by atomic mass is 9.95. The average Bonchev–Trinajstić information content (AvgIpc) is 2.73. The molecular formula is C22H23N3O2. The summed E-state index contributed by atoms with van der Waals surface area (Å²) in [4.78, 5) is 23.6. The molecule has 2 heterocycles. The Morgan fingerprint density at radius 2 is 2.04 bits per heavy atom. The number of carbonyl (C=O) groups is 1. The van der Waals surface area contributed by atoms with Gasteiger partial charge in [-0.15, -0.1) is 0 Å². The number of rotatable bonds is 4. The van der Waals surface area contributed by atoms with Crippen molar-refractivity contribution in [1.29, 1.82) is 0 Å². The monoisotopic (exact) mass is 361 g/mol. The molecule has 0 atom stereocenters. The molecule has 1 amide bonds. The van der Waals surface area contributed by atoms with Gasteiger partial charge in [0.25, 0.3) is 5.91 Å². The Hall–Kier alpha value is -2.95. The van der Waals surface area contributed by atoms with Crippen molar-refractivity contribution < 1.29 is 9.53 Å². The van der Waals surface area contributed by atoms with Crippen molar-refractivity contribution in [3.8, 4) is 5.75 Å². The van der Waals surface area contributed by atoms with Crippen LogP contribution in [0.15, 0.2) is 42.7 Å². The molecule has 0 saturated heterocycles. The van der Waals surface area contributed by atoms with E-state index in [9.17, 15) is 4.79 Å². The lowest BCUT2D eigenvalue weighted by molar-refractivity contribution is 0.0785. The third-order valence-electron chi connectivity index (χ3n) is 5.21. The summed E-state index contributed by atoms with van der Waals surface area (Å²) in [6.45, 7) is 0.502. The molecule has 2 aromatic heterocycles. The molecule has 0 saturated carbocycles. The SMILES string of the molecule is COc1ccc(CN(C)C(=O)c2cnc3c(c2)CCCC3)c2cccnc12. The van der Waals surface area contributed by atoms with Gasteiger partial charge in [0.2, 0.25) is 0 Å². The van der Waals surface area contributed by atoms with Crippen LogP contribution in [0.3, 0.4) is 0 Å². The van der Waals surface area contributed by atoms with E-state index in [1.807, 2.05) is 37.4 Å². The Bertz CT molecular complexity index is 1000. The quantitative estimate of drug-likeness (QED) is 0.709. The zero-order valence-corrected chi connectivity index (χ0v) is 15.7. The number of aromatic nitrogens is 2. The summed E-state index contributed by atoms with van der Waals surface area (Å²) in [6.07, 6.45) is 7.87. The molecule has 4 rings (SSSR count). The van der Waals surface area contributed by atoms with Gasteiger partial charge in [-0.3, -0.25) is 14.8 Å². The Labute approximate surface area is 159 Å². The number of amides is 1. The fourth-order valence-electron chi connectivity index (χ4n) is 3.76. The van der Waals surface area contributed by atoms with E-state index in [4.69, 9.17) is 4.74 Å². The predicted molar refractivity (Wildman–Crippen MR) is 105 cm³/mol. The molecular weight excluding hydrogens is 338 g/mol. The number of hydrogen-bond donors (Lipinski definition) is 0. The van der Waals surface area contributed by atoms with E-state index in [0.717, 1.165) is 40.8 Å². The van der Waals surface area contributed by atoms with Gasteiger partial charge in [-0.2, -0.15) is 0 Å². The third kappa shape index (κ3) is 3.37. The minimum Gasteiger partial charge on any atom is -0.494 e. The van der Waals surface area contributed by atoms with Crippen LogP contribution in [0.2, 0.25) is 0 Å². The third-order valence-corrected chi connectivity index (χ3v) is 5.21. The molecule has 5 nitrogen and oxygen atoms in total. The maximum atomic E-state index is 12.9. The second-order valence-electron chi connectivity index (χ2n) is 7.02. The van der Waals surface area contributed by atoms with Crippen molar-refractivity contribution in [3.63, 3.8) is 0 Å². The number of ether oxygens (including phenoxy) is 1. The number of methoxy groups -OCH3 is 1. The van der Waals surface area contributed by atoms with Gasteiger partial charge in [-0.1, -0.05) is 12.1 Å². The van der Waals surface area contributed by atoms with Crippen LogP contribution in [0.25, 0.3) is 10.9 Å². The number of pyridine rings is 2. The molecule has 3 aromatic rings. The minimum atomic E-state index is -0.0104. The number of benzene rings is 1. The zero-order valence-electron chi connectivity index (χ0n) is 15.7. The molecule has 1 aliphatic rings. The highest BCUT2D eigenvalue weighted by Crippen LogP contribution is 2.27. The summed E-state index contributed by atoms with van der Waals surface area (Å²) in [5, 5.41) is 1.00. The summed E-state index contributed by atoms with van der Waals surface area (Å²) in [5.41, 5.74) is 4.89. The predicted octanol–water partition coefficient (Wildman–Crippen LogP) is 3.79. The largest absolute Gasteiger partial charge is 0.494 e. The van der Waals surface area contributed by atoms with E-state index >= 15 is 0 Å². The number of carbonyl (C=O) groups excluding carboxylic acids is 1. The first-order valence-electron chi connectivity index (χ1n) is 9.31. The first kappa shape index (κ1) is 17.5. The summed E-state index contributed by atoms with van der Waals surface area (Å²) in [7, 11) is 3.47. The van der Waals surface area contributed by atoms with Gasteiger partial charge in [0, 0.05) is 37.1 Å². The van der Waals surface area contributed by atoms with Crippen LogP contribution in [0.5, 0.6) is 5.75 Å². The van der Waals surface area contributed by atoms with E-state index in [-0.39, 0.29) is 5.91 Å². The zero-order chi connectivity index (χ0) is 18.8. The average molecular weight is 361 g/mol. The molecule has 0 fully saturated rings. The van der Waals surface area contributed by atoms with Crippen molar-refractivity contribution in [2.45, 2.75) is 32.2 Å². The number of hydrogen-bond acceptors (Lipinski definition) is 4. The first-order valence-corrected chi connectivity index (χ1v) is 9.31. The van der Waals surface area contributed by atoms with Crippen molar-refractivity contribution in [1.82, 2.24) is 14.9 Å². The first-order chi connectivity index (χ1) is 13.2. The summed E-state index contributed by atoms with van der Waals surface area (Å²) in [5.74, 6) is 0.728. The maximum absolute atomic E-state index is 12.9. The Balaban J connectivity index is 1.60. The smallest absolute Gasteiger partial charge is 0.255 e. The minimum absolute atomic E-state index is 0.0104. The van der Waals surface area contributed by atoms with E-state index in [1.165, 1.54) is 18.4 Å². The maximum Gasteiger partial charge on any atom is 0.255 e. The molecule has 0 bridgehead atoms. The van der Waals surface area contributed by atoms with Gasteiger partial charge < -0.3 is 9.64 Å². The molecule has 1 aromatic carbocycles. The van der Waals surface area contributed by atoms with Crippen molar-refractivity contribution >= 4 is 16.8 Å². The van der Waals surface area contributed by atoms with Crippen LogP contribution in [-0.4, -0.2) is 34.9 Å². The molecule has 0 spiro atoms. The molecule has 5 heteroatoms. The van der Waals surface area contributed by atoms with Gasteiger partial charge in [-0.05, 0) is 55.0 Å². The Morgan fingerprint density at radius 1 is 1.19 bits per heavy atom. The lowest BCUT2D eigenvalue weighted by Gasteiger charge is -2.20. The molecule has 138 valence electrons. The molecule has 0 unspecified atom stereocenters. The van der Waals surface area contributed by atoms with Crippen LogP contribution in [0.1, 0.15) is 40.0 Å². The van der Waals surface area contributed by atoms with Gasteiger partial charge in [0.05, 0.1) is 12.7 Å². The molecule has 27 heavy (non-hydrogen) atoms. The summed E-state index contributed by atoms with van der Waals surface area (Å²) in [6, 6.07) is 9.84. The van der Waals surface area contributed by atoms with Crippen LogP contribution in [0, 0.1) is 0 Å². The lowest BCUT2D eigenvalue weighted by Crippen LogP contribution is -2.27. The van der Waals surface area contributed by atoms with E-state index in [0.29, 0.717) is 12.1 Å². The number of aryl methyl sites for hydroxylation is 2. The van der Waals surface area contributed by atoms with Crippen molar-refractivity contribution in [2.24, 2.45) is 0 Å².